The number of benzene rings is 1. The molecule has 0 heterocycles. The molecule has 14 heavy (non-hydrogen) atoms. The van der Waals surface area contributed by atoms with Gasteiger partial charge in [-0.2, -0.15) is 0 Å². The van der Waals surface area contributed by atoms with E-state index in [4.69, 9.17) is 11.6 Å². The second-order valence-corrected chi connectivity index (χ2v) is 3.62. The summed E-state index contributed by atoms with van der Waals surface area (Å²) < 4.78 is 13.2. The Morgan fingerprint density at radius 2 is 2.21 bits per heavy atom. The van der Waals surface area contributed by atoms with Crippen LogP contribution in [0.2, 0.25) is 5.02 Å². The number of carbonyl (C=O) groups excluding carboxylic acids is 1. The Morgan fingerprint density at radius 1 is 1.57 bits per heavy atom. The van der Waals surface area contributed by atoms with Crippen molar-refractivity contribution in [3.63, 3.8) is 0 Å². The Bertz CT molecular complexity index is 385. The van der Waals surface area contributed by atoms with Gasteiger partial charge in [-0.1, -0.05) is 23.8 Å². The molecule has 0 saturated heterocycles. The van der Waals surface area contributed by atoms with E-state index in [0.29, 0.717) is 5.57 Å². The molecule has 0 bridgehead atoms. The molecule has 1 aromatic carbocycles. The zero-order chi connectivity index (χ0) is 10.7. The molecule has 0 radical (unpaired) electrons. The van der Waals surface area contributed by atoms with E-state index in [0.717, 1.165) is 6.07 Å². The van der Waals surface area contributed by atoms with Gasteiger partial charge in [0.1, 0.15) is 5.82 Å². The van der Waals surface area contributed by atoms with Crippen LogP contribution in [0.15, 0.2) is 30.4 Å². The van der Waals surface area contributed by atoms with E-state index in [2.05, 4.69) is 6.58 Å². The minimum absolute atomic E-state index is 0.0670. The molecule has 0 saturated carbocycles. The molecule has 74 valence electrons. The summed E-state index contributed by atoms with van der Waals surface area (Å²) in [7, 11) is 0. The Hall–Kier alpha value is -1.15. The van der Waals surface area contributed by atoms with Gasteiger partial charge in [-0.25, -0.2) is 4.39 Å². The summed E-state index contributed by atoms with van der Waals surface area (Å²) in [6.45, 7) is 5.33. The van der Waals surface area contributed by atoms with Gasteiger partial charge in [0.2, 0.25) is 0 Å². The van der Waals surface area contributed by atoms with Crippen LogP contribution in [0.25, 0.3) is 0 Å². The molecule has 1 nitrogen and oxygen atoms in total. The normalized spacial score (nSPS) is 9.93. The quantitative estimate of drug-likeness (QED) is 0.552. The van der Waals surface area contributed by atoms with Crippen molar-refractivity contribution in [1.29, 1.82) is 0 Å². The summed E-state index contributed by atoms with van der Waals surface area (Å²) in [6.07, 6.45) is 0.165. The molecule has 0 spiro atoms. The lowest BCUT2D eigenvalue weighted by Crippen LogP contribution is -2.02. The predicted octanol–water partition coefficient (Wildman–Crippen LogP) is 3.63. The Kier molecular flexibility index (Phi) is 3.42. The largest absolute Gasteiger partial charge is 0.294 e. The van der Waals surface area contributed by atoms with Crippen LogP contribution >= 0.6 is 11.6 Å². The van der Waals surface area contributed by atoms with E-state index >= 15 is 0 Å². The monoisotopic (exact) mass is 212 g/mol. The van der Waals surface area contributed by atoms with Crippen LogP contribution in [0.1, 0.15) is 23.7 Å². The van der Waals surface area contributed by atoms with Gasteiger partial charge in [-0.05, 0) is 25.1 Å². The van der Waals surface area contributed by atoms with Gasteiger partial charge < -0.3 is 0 Å². The van der Waals surface area contributed by atoms with Gasteiger partial charge in [0, 0.05) is 11.4 Å². The van der Waals surface area contributed by atoms with Crippen LogP contribution in [0.4, 0.5) is 4.39 Å². The van der Waals surface area contributed by atoms with Crippen LogP contribution < -0.4 is 0 Å². The molecule has 0 aliphatic carbocycles. The summed E-state index contributed by atoms with van der Waals surface area (Å²) in [5.41, 5.74) is 0.779. The second kappa shape index (κ2) is 4.38. The molecule has 0 aromatic heterocycles. The molecular weight excluding hydrogens is 203 g/mol. The van der Waals surface area contributed by atoms with E-state index in [1.54, 1.807) is 6.92 Å². The average Bonchev–Trinajstić information content (AvgIpc) is 2.01. The topological polar surface area (TPSA) is 17.1 Å². The van der Waals surface area contributed by atoms with Crippen molar-refractivity contribution < 1.29 is 9.18 Å². The fraction of sp³-hybridized carbons (Fsp3) is 0.182. The number of rotatable bonds is 3. The molecular formula is C11H10ClFO. The first-order chi connectivity index (χ1) is 6.50. The van der Waals surface area contributed by atoms with Crippen molar-refractivity contribution in [2.24, 2.45) is 0 Å². The Morgan fingerprint density at radius 3 is 2.71 bits per heavy atom. The number of halogens is 2. The van der Waals surface area contributed by atoms with Crippen LogP contribution in [0.5, 0.6) is 0 Å². The van der Waals surface area contributed by atoms with Crippen LogP contribution in [-0.4, -0.2) is 5.78 Å². The third-order valence-corrected chi connectivity index (χ3v) is 1.93. The number of hydrogen-bond acceptors (Lipinski definition) is 1. The lowest BCUT2D eigenvalue weighted by atomic mass is 10.0. The van der Waals surface area contributed by atoms with Gasteiger partial charge in [-0.3, -0.25) is 4.79 Å². The molecule has 1 aromatic rings. The van der Waals surface area contributed by atoms with Crippen molar-refractivity contribution in [2.75, 3.05) is 0 Å². The van der Waals surface area contributed by atoms with Gasteiger partial charge in [-0.15, -0.1) is 0 Å². The lowest BCUT2D eigenvalue weighted by molar-refractivity contribution is 0.0989. The Balaban J connectivity index is 2.96. The fourth-order valence-corrected chi connectivity index (χ4v) is 1.24. The molecule has 0 N–H and O–H groups in total. The van der Waals surface area contributed by atoms with Crippen molar-refractivity contribution in [2.45, 2.75) is 13.3 Å². The number of Topliss-reactive ketones (excluding diaryl/α,β-unsaturated/α-hetero) is 1. The van der Waals surface area contributed by atoms with E-state index < -0.39 is 5.82 Å². The molecule has 0 atom stereocenters. The number of carbonyl (C=O) groups is 1. The maximum atomic E-state index is 13.2. The Labute approximate surface area is 87.2 Å². The summed E-state index contributed by atoms with van der Waals surface area (Å²) in [4.78, 5) is 11.4. The third-order valence-electron chi connectivity index (χ3n) is 1.69. The predicted molar refractivity (Wildman–Crippen MR) is 55.2 cm³/mol. The lowest BCUT2D eigenvalue weighted by Gasteiger charge is -2.02. The van der Waals surface area contributed by atoms with Crippen molar-refractivity contribution in [3.8, 4) is 0 Å². The minimum Gasteiger partial charge on any atom is -0.294 e. The summed E-state index contributed by atoms with van der Waals surface area (Å²) in [6, 6.07) is 4.02. The van der Waals surface area contributed by atoms with E-state index in [9.17, 15) is 9.18 Å². The number of allylic oxidation sites excluding steroid dienone is 1. The zero-order valence-electron chi connectivity index (χ0n) is 7.81. The van der Waals surface area contributed by atoms with Crippen LogP contribution in [0.3, 0.4) is 0 Å². The molecule has 3 heteroatoms. The van der Waals surface area contributed by atoms with Gasteiger partial charge in [0.25, 0.3) is 0 Å². The summed E-state index contributed by atoms with van der Waals surface area (Å²) in [5.74, 6) is -0.851. The first-order valence-corrected chi connectivity index (χ1v) is 4.51. The first kappa shape index (κ1) is 10.9. The highest BCUT2D eigenvalue weighted by Crippen LogP contribution is 2.17. The highest BCUT2D eigenvalue weighted by Gasteiger charge is 2.11. The third kappa shape index (κ3) is 2.67. The molecule has 0 aliphatic rings. The SMILES string of the molecule is C=C(C)CC(=O)c1ccc(Cl)cc1F. The minimum atomic E-state index is -0.580. The standard InChI is InChI=1S/C11H10ClFO/c1-7(2)5-11(14)9-4-3-8(12)6-10(9)13/h3-4,6H,1,5H2,2H3. The van der Waals surface area contributed by atoms with Gasteiger partial charge in [0.15, 0.2) is 5.78 Å². The highest BCUT2D eigenvalue weighted by molar-refractivity contribution is 6.30. The van der Waals surface area contributed by atoms with Gasteiger partial charge in [0.05, 0.1) is 5.56 Å². The molecule has 1 rings (SSSR count). The average molecular weight is 213 g/mol. The molecule has 0 fully saturated rings. The maximum Gasteiger partial charge on any atom is 0.169 e. The summed E-state index contributed by atoms with van der Waals surface area (Å²) >= 11 is 5.56. The highest BCUT2D eigenvalue weighted by atomic mass is 35.5. The maximum absolute atomic E-state index is 13.2. The smallest absolute Gasteiger partial charge is 0.169 e. The summed E-state index contributed by atoms with van der Waals surface area (Å²) in [5, 5.41) is 0.286. The van der Waals surface area contributed by atoms with Crippen LogP contribution in [0, 0.1) is 5.82 Å². The van der Waals surface area contributed by atoms with E-state index in [-0.39, 0.29) is 22.8 Å². The van der Waals surface area contributed by atoms with Gasteiger partial charge >= 0.3 is 0 Å². The first-order valence-electron chi connectivity index (χ1n) is 4.13. The zero-order valence-corrected chi connectivity index (χ0v) is 8.57. The molecule has 0 unspecified atom stereocenters. The van der Waals surface area contributed by atoms with Crippen LogP contribution in [-0.2, 0) is 0 Å². The van der Waals surface area contributed by atoms with Crippen molar-refractivity contribution in [3.05, 3.63) is 46.8 Å². The van der Waals surface area contributed by atoms with Crippen molar-refractivity contribution in [1.82, 2.24) is 0 Å². The van der Waals surface area contributed by atoms with Crippen molar-refractivity contribution >= 4 is 17.4 Å². The van der Waals surface area contributed by atoms with E-state index in [1.165, 1.54) is 12.1 Å². The molecule has 0 amide bonds. The second-order valence-electron chi connectivity index (χ2n) is 3.18. The van der Waals surface area contributed by atoms with E-state index in [1.807, 2.05) is 0 Å². The fourth-order valence-electron chi connectivity index (χ4n) is 1.08. The molecule has 0 aliphatic heterocycles. The number of hydrogen-bond donors (Lipinski definition) is 0. The number of ketones is 1.